The maximum atomic E-state index is 7.07. The van der Waals surface area contributed by atoms with Crippen molar-refractivity contribution in [3.63, 3.8) is 0 Å². The fourth-order valence-corrected chi connectivity index (χ4v) is 10.2. The van der Waals surface area contributed by atoms with Gasteiger partial charge in [0.1, 0.15) is 0 Å². The van der Waals surface area contributed by atoms with Gasteiger partial charge in [-0.1, -0.05) is 73.5 Å². The monoisotopic (exact) mass is 550 g/mol. The molecule has 4 bridgehead atoms. The van der Waals surface area contributed by atoms with Crippen molar-refractivity contribution in [2.75, 3.05) is 0 Å². The maximum Gasteiger partial charge on any atom is 0.0852 e. The van der Waals surface area contributed by atoms with Crippen LogP contribution in [0.1, 0.15) is 62.5 Å². The van der Waals surface area contributed by atoms with E-state index in [1.54, 1.807) is 0 Å². The second-order valence-electron chi connectivity index (χ2n) is 10.1. The van der Waals surface area contributed by atoms with Crippen molar-refractivity contribution in [1.82, 2.24) is 0 Å². The average Bonchev–Trinajstić information content (AvgIpc) is 3.40. The minimum Gasteiger partial charge on any atom is -0.122 e. The molecule has 1 aromatic rings. The Morgan fingerprint density at radius 2 is 1.09 bits per heavy atom. The van der Waals surface area contributed by atoms with Crippen molar-refractivity contribution in [1.29, 1.82) is 0 Å². The zero-order chi connectivity index (χ0) is 23.0. The normalized spacial score (nSPS) is 44.0. The van der Waals surface area contributed by atoms with E-state index in [0.29, 0.717) is 0 Å². The smallest absolute Gasteiger partial charge is 0.0852 e. The molecule has 2 fully saturated rings. The summed E-state index contributed by atoms with van der Waals surface area (Å²) >= 11 is 41.0. The van der Waals surface area contributed by atoms with E-state index >= 15 is 0 Å². The lowest BCUT2D eigenvalue weighted by molar-refractivity contribution is 0.371. The standard InChI is InChI=1S/C26H28Cl6/c1-3-17(21-23(29)15-9-19(27)25(21,31)11-15)13-5-7-14(8-6-13)18(4-2)22-24(30)16-10-20(28)26(22,32)12-16/h5-10,15-18,21-24H,3-4,11-12H2,1-2H3. The van der Waals surface area contributed by atoms with Crippen LogP contribution in [-0.2, 0) is 0 Å². The molecule has 0 spiro atoms. The van der Waals surface area contributed by atoms with Crippen molar-refractivity contribution in [3.05, 3.63) is 57.6 Å². The van der Waals surface area contributed by atoms with E-state index in [1.165, 1.54) is 11.1 Å². The van der Waals surface area contributed by atoms with E-state index in [1.807, 2.05) is 0 Å². The molecule has 0 heterocycles. The van der Waals surface area contributed by atoms with Gasteiger partial charge >= 0.3 is 0 Å². The van der Waals surface area contributed by atoms with Gasteiger partial charge in [0.05, 0.1) is 9.75 Å². The molecule has 2 saturated carbocycles. The number of benzene rings is 1. The first-order valence-corrected chi connectivity index (χ1v) is 14.1. The molecule has 0 saturated heterocycles. The van der Waals surface area contributed by atoms with Gasteiger partial charge in [0.25, 0.3) is 0 Å². The lowest BCUT2D eigenvalue weighted by Crippen LogP contribution is -2.37. The quantitative estimate of drug-likeness (QED) is 0.308. The lowest BCUT2D eigenvalue weighted by atomic mass is 9.74. The van der Waals surface area contributed by atoms with Crippen LogP contribution in [0, 0.1) is 23.7 Å². The molecule has 10 unspecified atom stereocenters. The Bertz CT molecular complexity index is 877. The van der Waals surface area contributed by atoms with E-state index in [4.69, 9.17) is 69.6 Å². The molecule has 174 valence electrons. The summed E-state index contributed by atoms with van der Waals surface area (Å²) in [5, 5.41) is 1.57. The second kappa shape index (κ2) is 8.53. The zero-order valence-corrected chi connectivity index (χ0v) is 22.7. The van der Waals surface area contributed by atoms with Gasteiger partial charge in [-0.15, -0.1) is 46.4 Å². The van der Waals surface area contributed by atoms with Gasteiger partial charge in [-0.05, 0) is 60.5 Å². The van der Waals surface area contributed by atoms with E-state index in [2.05, 4.69) is 50.3 Å². The summed E-state index contributed by atoms with van der Waals surface area (Å²) in [6, 6.07) is 8.98. The molecule has 0 amide bonds. The molecule has 6 heteroatoms. The summed E-state index contributed by atoms with van der Waals surface area (Å²) in [5.74, 6) is 1.30. The van der Waals surface area contributed by atoms with E-state index < -0.39 is 9.75 Å². The summed E-state index contributed by atoms with van der Waals surface area (Å²) in [5.41, 5.74) is 2.54. The predicted octanol–water partition coefficient (Wildman–Crippen LogP) is 9.39. The number of hydrogen-bond donors (Lipinski definition) is 0. The third-order valence-corrected chi connectivity index (χ3v) is 12.2. The van der Waals surface area contributed by atoms with Crippen LogP contribution in [0.2, 0.25) is 0 Å². The lowest BCUT2D eigenvalue weighted by Gasteiger charge is -2.38. The Morgan fingerprint density at radius 1 is 0.750 bits per heavy atom. The second-order valence-corrected chi connectivity index (χ2v) is 13.3. The molecule has 0 N–H and O–H groups in total. The Labute approximate surface area is 221 Å². The van der Waals surface area contributed by atoms with Crippen LogP contribution < -0.4 is 0 Å². The molecule has 4 aliphatic rings. The summed E-state index contributed by atoms with van der Waals surface area (Å²) in [6.45, 7) is 4.42. The van der Waals surface area contributed by atoms with E-state index in [0.717, 1.165) is 35.7 Å². The number of fused-ring (bicyclic) bond motifs is 4. The van der Waals surface area contributed by atoms with Gasteiger partial charge in [-0.25, -0.2) is 0 Å². The van der Waals surface area contributed by atoms with Crippen molar-refractivity contribution >= 4 is 69.6 Å². The average molecular weight is 553 g/mol. The topological polar surface area (TPSA) is 0 Å². The van der Waals surface area contributed by atoms with Gasteiger partial charge in [0.15, 0.2) is 0 Å². The van der Waals surface area contributed by atoms with Crippen LogP contribution in [-0.4, -0.2) is 20.5 Å². The largest absolute Gasteiger partial charge is 0.122 e. The van der Waals surface area contributed by atoms with Crippen LogP contribution in [0.25, 0.3) is 0 Å². The number of hydrogen-bond acceptors (Lipinski definition) is 0. The molecule has 0 nitrogen and oxygen atoms in total. The zero-order valence-electron chi connectivity index (χ0n) is 18.2. The van der Waals surface area contributed by atoms with Crippen molar-refractivity contribution in [2.45, 2.75) is 71.9 Å². The Kier molecular flexibility index (Phi) is 6.44. The van der Waals surface area contributed by atoms with Crippen molar-refractivity contribution in [2.24, 2.45) is 23.7 Å². The van der Waals surface area contributed by atoms with Gasteiger partial charge < -0.3 is 0 Å². The Balaban J connectivity index is 1.43. The van der Waals surface area contributed by atoms with Gasteiger partial charge in [-0.2, -0.15) is 0 Å². The molecule has 0 radical (unpaired) electrons. The summed E-state index contributed by atoms with van der Waals surface area (Å²) in [6.07, 6.45) is 7.73. The predicted molar refractivity (Wildman–Crippen MR) is 140 cm³/mol. The van der Waals surface area contributed by atoms with Gasteiger partial charge in [0, 0.05) is 32.7 Å². The minimum absolute atomic E-state index is 0.0131. The van der Waals surface area contributed by atoms with Crippen LogP contribution in [0.15, 0.2) is 46.5 Å². The third-order valence-electron chi connectivity index (χ3n) is 8.68. The molecule has 10 atom stereocenters. The first-order chi connectivity index (χ1) is 15.2. The van der Waals surface area contributed by atoms with Crippen molar-refractivity contribution in [3.8, 4) is 0 Å². The maximum absolute atomic E-state index is 7.07. The van der Waals surface area contributed by atoms with E-state index in [-0.39, 0.29) is 46.3 Å². The van der Waals surface area contributed by atoms with E-state index in [9.17, 15) is 0 Å². The highest BCUT2D eigenvalue weighted by molar-refractivity contribution is 6.42. The van der Waals surface area contributed by atoms with Crippen LogP contribution in [0.3, 0.4) is 0 Å². The molecule has 0 aromatic heterocycles. The third kappa shape index (κ3) is 3.37. The fourth-order valence-electron chi connectivity index (χ4n) is 7.15. The molecule has 0 aliphatic heterocycles. The molecule has 1 aromatic carbocycles. The van der Waals surface area contributed by atoms with Crippen LogP contribution in [0.4, 0.5) is 0 Å². The van der Waals surface area contributed by atoms with Crippen LogP contribution >= 0.6 is 69.6 Å². The molecular formula is C26H28Cl6. The van der Waals surface area contributed by atoms with Crippen LogP contribution in [0.5, 0.6) is 0 Å². The Morgan fingerprint density at radius 3 is 1.38 bits per heavy atom. The fraction of sp³-hybridized carbons (Fsp3) is 0.615. The Hall–Kier alpha value is 0.440. The SMILES string of the molecule is CCC(c1ccc(C(CC)C2C(Cl)C3C=C(Cl)C2(Cl)C3)cc1)C1C(Cl)C2C=C(Cl)C1(Cl)C2. The molecular weight excluding hydrogens is 525 g/mol. The highest BCUT2D eigenvalue weighted by Gasteiger charge is 2.60. The van der Waals surface area contributed by atoms with Gasteiger partial charge in [0.2, 0.25) is 0 Å². The number of allylic oxidation sites excluding steroid dienone is 4. The highest BCUT2D eigenvalue weighted by atomic mass is 35.5. The highest BCUT2D eigenvalue weighted by Crippen LogP contribution is 2.63. The first-order valence-electron chi connectivity index (χ1n) is 11.7. The summed E-state index contributed by atoms with van der Waals surface area (Å²) in [7, 11) is 0. The number of rotatable bonds is 6. The minimum atomic E-state index is -0.535. The number of halogens is 6. The summed E-state index contributed by atoms with van der Waals surface area (Å²) < 4.78 is 0. The molecule has 4 aliphatic carbocycles. The first kappa shape index (κ1) is 24.1. The van der Waals surface area contributed by atoms with Gasteiger partial charge in [-0.3, -0.25) is 0 Å². The number of alkyl halides is 4. The summed E-state index contributed by atoms with van der Waals surface area (Å²) in [4.78, 5) is -1.07. The molecule has 5 rings (SSSR count). The molecule has 32 heavy (non-hydrogen) atoms. The van der Waals surface area contributed by atoms with Crippen molar-refractivity contribution < 1.29 is 0 Å².